The van der Waals surface area contributed by atoms with E-state index in [4.69, 9.17) is 9.73 Å². The second-order valence-electron chi connectivity index (χ2n) is 11.2. The van der Waals surface area contributed by atoms with E-state index in [1.165, 1.54) is 11.1 Å². The summed E-state index contributed by atoms with van der Waals surface area (Å²) in [6.45, 7) is 0. The molecule has 6 aromatic carbocycles. The van der Waals surface area contributed by atoms with Crippen molar-refractivity contribution >= 4 is 33.2 Å². The average molecular weight is 783 g/mol. The number of fused-ring (bicyclic) bond motifs is 8. The Balaban J connectivity index is 0.00000324. The van der Waals surface area contributed by atoms with Crippen LogP contribution in [0.3, 0.4) is 0 Å². The molecule has 0 spiro atoms. The molecular weight excluding hydrogens is 758 g/mol. The Labute approximate surface area is 286 Å². The van der Waals surface area contributed by atoms with E-state index >= 15 is 0 Å². The molecule has 1 aliphatic heterocycles. The van der Waals surface area contributed by atoms with Crippen LogP contribution in [-0.4, -0.2) is 15.3 Å². The van der Waals surface area contributed by atoms with Crippen molar-refractivity contribution in [2.75, 3.05) is 0 Å². The van der Waals surface area contributed by atoms with E-state index in [0.29, 0.717) is 11.5 Å². The topological polar surface area (TPSA) is 39.4 Å². The number of hydrogen-bond acceptors (Lipinski definition) is 3. The van der Waals surface area contributed by atoms with Gasteiger partial charge in [-0.1, -0.05) is 103 Å². The SMILES string of the molecule is [Pt+2].[c-]1c(Oc2[c-]c3c(cc2)c2ccccc2n3-c2ccccn2)cccc1C1=Nc2ccccc2-c2ccccc2-c2ccccc21. The van der Waals surface area contributed by atoms with Crippen molar-refractivity contribution in [1.82, 2.24) is 9.55 Å². The van der Waals surface area contributed by atoms with Crippen LogP contribution in [0, 0.1) is 12.1 Å². The summed E-state index contributed by atoms with van der Waals surface area (Å²) in [5, 5.41) is 2.23. The zero-order valence-electron chi connectivity index (χ0n) is 25.0. The molecule has 0 saturated carbocycles. The molecule has 8 aromatic rings. The Morgan fingerprint density at radius 1 is 0.511 bits per heavy atom. The van der Waals surface area contributed by atoms with Crippen molar-refractivity contribution in [3.05, 3.63) is 175 Å². The van der Waals surface area contributed by atoms with Crippen LogP contribution in [0.25, 0.3) is 49.9 Å². The van der Waals surface area contributed by atoms with Crippen molar-refractivity contribution in [2.24, 2.45) is 4.99 Å². The Morgan fingerprint density at radius 3 is 1.98 bits per heavy atom. The van der Waals surface area contributed by atoms with Crippen LogP contribution in [0.15, 0.2) is 157 Å². The molecule has 2 aromatic heterocycles. The van der Waals surface area contributed by atoms with E-state index in [2.05, 4.69) is 113 Å². The molecule has 0 atom stereocenters. The van der Waals surface area contributed by atoms with Crippen LogP contribution >= 0.6 is 0 Å². The maximum atomic E-state index is 6.47. The van der Waals surface area contributed by atoms with Gasteiger partial charge < -0.3 is 9.30 Å². The summed E-state index contributed by atoms with van der Waals surface area (Å²) >= 11 is 0. The van der Waals surface area contributed by atoms with E-state index in [9.17, 15) is 0 Å². The van der Waals surface area contributed by atoms with Gasteiger partial charge in [0.1, 0.15) is 5.82 Å². The van der Waals surface area contributed by atoms with Gasteiger partial charge in [0.15, 0.2) is 0 Å². The molecule has 47 heavy (non-hydrogen) atoms. The van der Waals surface area contributed by atoms with E-state index in [1.54, 1.807) is 0 Å². The minimum Gasteiger partial charge on any atom is -0.503 e. The van der Waals surface area contributed by atoms with Crippen molar-refractivity contribution < 1.29 is 25.8 Å². The molecule has 0 fully saturated rings. The van der Waals surface area contributed by atoms with Crippen molar-refractivity contribution in [2.45, 2.75) is 0 Å². The first-order valence-corrected chi connectivity index (χ1v) is 15.3. The van der Waals surface area contributed by atoms with Gasteiger partial charge in [0.25, 0.3) is 0 Å². The molecule has 5 heteroatoms. The Bertz CT molecular complexity index is 2460. The molecule has 0 amide bonds. The third-order valence-electron chi connectivity index (χ3n) is 8.50. The fourth-order valence-corrected chi connectivity index (χ4v) is 6.48. The first-order chi connectivity index (χ1) is 22.8. The van der Waals surface area contributed by atoms with Crippen LogP contribution in [-0.2, 0) is 21.1 Å². The Kier molecular flexibility index (Phi) is 7.36. The third-order valence-corrected chi connectivity index (χ3v) is 8.50. The minimum absolute atomic E-state index is 0. The summed E-state index contributed by atoms with van der Waals surface area (Å²) in [5.41, 5.74) is 10.2. The molecule has 0 radical (unpaired) electrons. The summed E-state index contributed by atoms with van der Waals surface area (Å²) < 4.78 is 8.61. The van der Waals surface area contributed by atoms with Gasteiger partial charge in [0, 0.05) is 28.8 Å². The number of ether oxygens (including phenoxy) is 1. The van der Waals surface area contributed by atoms with Gasteiger partial charge in [-0.3, -0.25) is 4.99 Å². The Morgan fingerprint density at radius 2 is 1.17 bits per heavy atom. The molecular formula is C42H25N3OPt. The zero-order valence-corrected chi connectivity index (χ0v) is 27.3. The van der Waals surface area contributed by atoms with Gasteiger partial charge in [0.2, 0.25) is 0 Å². The fraction of sp³-hybridized carbons (Fsp3) is 0. The van der Waals surface area contributed by atoms with Crippen LogP contribution in [0.1, 0.15) is 11.1 Å². The molecule has 0 aliphatic carbocycles. The van der Waals surface area contributed by atoms with Crippen molar-refractivity contribution in [1.29, 1.82) is 0 Å². The van der Waals surface area contributed by atoms with Gasteiger partial charge in [-0.05, 0) is 57.6 Å². The first kappa shape index (κ1) is 28.9. The molecule has 0 N–H and O–H groups in total. The molecule has 9 rings (SSSR count). The minimum atomic E-state index is 0. The van der Waals surface area contributed by atoms with Gasteiger partial charge in [-0.15, -0.1) is 41.3 Å². The number of aromatic nitrogens is 2. The summed E-state index contributed by atoms with van der Waals surface area (Å²) in [5.74, 6) is 2.02. The van der Waals surface area contributed by atoms with Crippen LogP contribution in [0.4, 0.5) is 5.69 Å². The summed E-state index contributed by atoms with van der Waals surface area (Å²) in [4.78, 5) is 9.92. The first-order valence-electron chi connectivity index (χ1n) is 15.3. The number of rotatable bonds is 4. The number of para-hydroxylation sites is 2. The summed E-state index contributed by atoms with van der Waals surface area (Å²) in [6.07, 6.45) is 1.81. The van der Waals surface area contributed by atoms with Gasteiger partial charge in [0.05, 0.1) is 5.69 Å². The van der Waals surface area contributed by atoms with Crippen LogP contribution in [0.5, 0.6) is 11.5 Å². The van der Waals surface area contributed by atoms with E-state index < -0.39 is 0 Å². The van der Waals surface area contributed by atoms with E-state index in [0.717, 1.165) is 61.3 Å². The predicted molar refractivity (Wildman–Crippen MR) is 185 cm³/mol. The van der Waals surface area contributed by atoms with Gasteiger partial charge in [-0.2, -0.15) is 6.07 Å². The molecule has 4 nitrogen and oxygen atoms in total. The number of pyridine rings is 1. The normalized spacial score (nSPS) is 11.8. The van der Waals surface area contributed by atoms with Crippen molar-refractivity contribution in [3.63, 3.8) is 0 Å². The number of nitrogens with zero attached hydrogens (tertiary/aromatic N) is 3. The van der Waals surface area contributed by atoms with Crippen LogP contribution in [0.2, 0.25) is 0 Å². The largest absolute Gasteiger partial charge is 2.00 e. The molecule has 1 aliphatic rings. The maximum absolute atomic E-state index is 6.47. The third kappa shape index (κ3) is 4.99. The van der Waals surface area contributed by atoms with E-state index in [-0.39, 0.29) is 21.1 Å². The number of hydrogen-bond donors (Lipinski definition) is 0. The molecule has 0 saturated heterocycles. The quantitative estimate of drug-likeness (QED) is 0.167. The standard InChI is InChI=1S/C42H25N3O.Pt/c1-2-15-32-31(14-1)33-16-3-4-19-37(33)42(44-38-20-7-5-17-34(32)38)28-12-11-13-29(26-28)46-30-23-24-36-35-18-6-8-21-39(35)45(40(36)27-30)41-22-9-10-25-43-41;/h1-25H;/q-2;+2. The molecule has 0 bridgehead atoms. The summed E-state index contributed by atoms with van der Waals surface area (Å²) in [6, 6.07) is 56.7. The maximum Gasteiger partial charge on any atom is 2.00 e. The zero-order chi connectivity index (χ0) is 30.5. The second-order valence-corrected chi connectivity index (χ2v) is 11.2. The molecule has 224 valence electrons. The van der Waals surface area contributed by atoms with Gasteiger partial charge >= 0.3 is 21.1 Å². The van der Waals surface area contributed by atoms with Crippen molar-refractivity contribution in [3.8, 4) is 39.6 Å². The average Bonchev–Trinajstić information content (AvgIpc) is 3.44. The molecule has 0 unspecified atom stereocenters. The molecule has 3 heterocycles. The predicted octanol–water partition coefficient (Wildman–Crippen LogP) is 10.4. The van der Waals surface area contributed by atoms with Crippen LogP contribution < -0.4 is 4.74 Å². The Hall–Kier alpha value is -5.57. The number of aliphatic imine (C=N–C) groups is 1. The number of benzene rings is 6. The summed E-state index contributed by atoms with van der Waals surface area (Å²) in [7, 11) is 0. The van der Waals surface area contributed by atoms with E-state index in [1.807, 2.05) is 60.8 Å². The second kappa shape index (κ2) is 12.0. The fourth-order valence-electron chi connectivity index (χ4n) is 6.48. The smallest absolute Gasteiger partial charge is 0.503 e. The van der Waals surface area contributed by atoms with Gasteiger partial charge in [-0.25, -0.2) is 4.98 Å². The monoisotopic (exact) mass is 782 g/mol.